The van der Waals surface area contributed by atoms with Crippen LogP contribution in [0.3, 0.4) is 0 Å². The largest absolute Gasteiger partial charge is 0.478 e. The molecule has 0 amide bonds. The van der Waals surface area contributed by atoms with Gasteiger partial charge in [-0.25, -0.2) is 4.79 Å². The van der Waals surface area contributed by atoms with Crippen molar-refractivity contribution < 1.29 is 14.7 Å². The summed E-state index contributed by atoms with van der Waals surface area (Å²) in [6, 6.07) is 6.47. The fourth-order valence-electron chi connectivity index (χ4n) is 2.64. The van der Waals surface area contributed by atoms with Crippen LogP contribution in [0.25, 0.3) is 0 Å². The molecule has 0 unspecified atom stereocenters. The molecule has 0 aromatic heterocycles. The average molecular weight is 304 g/mol. The lowest BCUT2D eigenvalue weighted by Crippen LogP contribution is -2.08. The van der Waals surface area contributed by atoms with Gasteiger partial charge in [-0.15, -0.1) is 0 Å². The fourth-order valence-corrected chi connectivity index (χ4v) is 2.64. The molecule has 1 aromatic carbocycles. The van der Waals surface area contributed by atoms with Crippen molar-refractivity contribution in [2.45, 2.75) is 71.1 Å². The number of hydrogen-bond donors (Lipinski definition) is 1. The number of benzene rings is 1. The molecule has 0 aliphatic heterocycles. The number of rotatable bonds is 12. The van der Waals surface area contributed by atoms with Crippen molar-refractivity contribution in [1.82, 2.24) is 0 Å². The minimum absolute atomic E-state index is 0.0547. The Morgan fingerprint density at radius 3 is 1.86 bits per heavy atom. The van der Waals surface area contributed by atoms with E-state index in [0.29, 0.717) is 12.0 Å². The Morgan fingerprint density at radius 1 is 0.818 bits per heavy atom. The monoisotopic (exact) mass is 304 g/mol. The van der Waals surface area contributed by atoms with E-state index in [4.69, 9.17) is 5.11 Å². The van der Waals surface area contributed by atoms with Crippen molar-refractivity contribution in [3.05, 3.63) is 35.4 Å². The predicted molar refractivity (Wildman–Crippen MR) is 89.6 cm³/mol. The maximum absolute atomic E-state index is 12.1. The van der Waals surface area contributed by atoms with E-state index >= 15 is 0 Å². The second-order valence-corrected chi connectivity index (χ2v) is 5.85. The molecule has 0 atom stereocenters. The van der Waals surface area contributed by atoms with Crippen LogP contribution in [0.15, 0.2) is 24.3 Å². The number of Topliss-reactive ketones (excluding diaryl/α,β-unsaturated/α-hetero) is 1. The molecule has 3 nitrogen and oxygen atoms in total. The lowest BCUT2D eigenvalue weighted by atomic mass is 9.99. The Kier molecular flexibility index (Phi) is 9.20. The summed E-state index contributed by atoms with van der Waals surface area (Å²) in [5.74, 6) is -1.09. The van der Waals surface area contributed by atoms with Crippen LogP contribution in [0.1, 0.15) is 91.8 Å². The highest BCUT2D eigenvalue weighted by Crippen LogP contribution is 2.15. The topological polar surface area (TPSA) is 54.4 Å². The van der Waals surface area contributed by atoms with Crippen LogP contribution >= 0.6 is 0 Å². The number of unbranched alkanes of at least 4 members (excludes halogenated alkanes) is 8. The highest BCUT2D eigenvalue weighted by molar-refractivity contribution is 6.05. The van der Waals surface area contributed by atoms with Crippen molar-refractivity contribution in [1.29, 1.82) is 0 Å². The molecule has 0 aliphatic rings. The molecule has 0 saturated heterocycles. The van der Waals surface area contributed by atoms with E-state index in [9.17, 15) is 9.59 Å². The predicted octanol–water partition coefficient (Wildman–Crippen LogP) is 5.49. The Balaban J connectivity index is 2.20. The van der Waals surface area contributed by atoms with Gasteiger partial charge in [-0.2, -0.15) is 0 Å². The molecular formula is C19H28O3. The van der Waals surface area contributed by atoms with E-state index in [1.54, 1.807) is 18.2 Å². The molecule has 0 spiro atoms. The van der Waals surface area contributed by atoms with Gasteiger partial charge in [-0.05, 0) is 12.5 Å². The zero-order chi connectivity index (χ0) is 16.2. The third kappa shape index (κ3) is 6.88. The number of ketones is 1. The van der Waals surface area contributed by atoms with Gasteiger partial charge in [0, 0.05) is 12.0 Å². The Labute approximate surface area is 133 Å². The number of aromatic carboxylic acids is 1. The van der Waals surface area contributed by atoms with Crippen molar-refractivity contribution in [3.8, 4) is 0 Å². The molecule has 0 fully saturated rings. The van der Waals surface area contributed by atoms with Crippen LogP contribution in [-0.4, -0.2) is 16.9 Å². The standard InChI is InChI=1S/C19H28O3/c1-2-3-4-5-6-7-8-9-10-15-18(20)16-13-11-12-14-17(16)19(21)22/h11-14H,2-10,15H2,1H3,(H,21,22). The van der Waals surface area contributed by atoms with Gasteiger partial charge in [-0.1, -0.05) is 76.5 Å². The van der Waals surface area contributed by atoms with Crippen molar-refractivity contribution in [2.24, 2.45) is 0 Å². The minimum Gasteiger partial charge on any atom is -0.478 e. The highest BCUT2D eigenvalue weighted by Gasteiger charge is 2.14. The summed E-state index contributed by atoms with van der Waals surface area (Å²) in [6.45, 7) is 2.22. The van der Waals surface area contributed by atoms with Gasteiger partial charge >= 0.3 is 5.97 Å². The second-order valence-electron chi connectivity index (χ2n) is 5.85. The maximum atomic E-state index is 12.1. The maximum Gasteiger partial charge on any atom is 0.336 e. The van der Waals surface area contributed by atoms with Gasteiger partial charge in [0.2, 0.25) is 0 Å². The van der Waals surface area contributed by atoms with E-state index in [-0.39, 0.29) is 11.3 Å². The van der Waals surface area contributed by atoms with Crippen LogP contribution in [0, 0.1) is 0 Å². The van der Waals surface area contributed by atoms with Crippen molar-refractivity contribution in [2.75, 3.05) is 0 Å². The summed E-state index contributed by atoms with van der Waals surface area (Å²) in [5.41, 5.74) is 0.456. The second kappa shape index (κ2) is 11.0. The molecule has 0 radical (unpaired) electrons. The normalized spacial score (nSPS) is 10.6. The number of carboxylic acid groups (broad SMARTS) is 1. The summed E-state index contributed by atoms with van der Waals surface area (Å²) in [6.07, 6.45) is 11.3. The van der Waals surface area contributed by atoms with Crippen LogP contribution < -0.4 is 0 Å². The molecule has 1 rings (SSSR count). The first-order valence-electron chi connectivity index (χ1n) is 8.52. The first-order chi connectivity index (χ1) is 10.7. The van der Waals surface area contributed by atoms with E-state index in [0.717, 1.165) is 12.8 Å². The van der Waals surface area contributed by atoms with Gasteiger partial charge in [0.15, 0.2) is 5.78 Å². The summed E-state index contributed by atoms with van der Waals surface area (Å²) in [5, 5.41) is 9.09. The SMILES string of the molecule is CCCCCCCCCCCC(=O)c1ccccc1C(=O)O. The molecular weight excluding hydrogens is 276 g/mol. The summed E-state index contributed by atoms with van der Waals surface area (Å²) >= 11 is 0. The van der Waals surface area contributed by atoms with Crippen LogP contribution in [-0.2, 0) is 0 Å². The summed E-state index contributed by atoms with van der Waals surface area (Å²) in [4.78, 5) is 23.2. The molecule has 1 aromatic rings. The van der Waals surface area contributed by atoms with Gasteiger partial charge in [0.25, 0.3) is 0 Å². The third-order valence-corrected chi connectivity index (χ3v) is 3.97. The van der Waals surface area contributed by atoms with Gasteiger partial charge in [-0.3, -0.25) is 4.79 Å². The first-order valence-corrected chi connectivity index (χ1v) is 8.52. The molecule has 0 bridgehead atoms. The zero-order valence-corrected chi connectivity index (χ0v) is 13.6. The third-order valence-electron chi connectivity index (χ3n) is 3.97. The van der Waals surface area contributed by atoms with Gasteiger partial charge < -0.3 is 5.11 Å². The lowest BCUT2D eigenvalue weighted by molar-refractivity contribution is 0.0691. The summed E-state index contributed by atoms with van der Waals surface area (Å²) < 4.78 is 0. The van der Waals surface area contributed by atoms with E-state index in [1.165, 1.54) is 51.0 Å². The zero-order valence-electron chi connectivity index (χ0n) is 13.6. The van der Waals surface area contributed by atoms with E-state index in [2.05, 4.69) is 6.92 Å². The number of carboxylic acids is 1. The number of hydrogen-bond acceptors (Lipinski definition) is 2. The van der Waals surface area contributed by atoms with Crippen molar-refractivity contribution in [3.63, 3.8) is 0 Å². The summed E-state index contributed by atoms with van der Waals surface area (Å²) in [7, 11) is 0. The van der Waals surface area contributed by atoms with Crippen molar-refractivity contribution >= 4 is 11.8 Å². The van der Waals surface area contributed by atoms with Crippen LogP contribution in [0.2, 0.25) is 0 Å². The Morgan fingerprint density at radius 2 is 1.32 bits per heavy atom. The molecule has 122 valence electrons. The van der Waals surface area contributed by atoms with Gasteiger partial charge in [0.05, 0.1) is 5.56 Å². The fraction of sp³-hybridized carbons (Fsp3) is 0.579. The first kappa shape index (κ1) is 18.4. The molecule has 3 heteroatoms. The van der Waals surface area contributed by atoms with E-state index < -0.39 is 5.97 Å². The van der Waals surface area contributed by atoms with Crippen LogP contribution in [0.4, 0.5) is 0 Å². The van der Waals surface area contributed by atoms with Crippen LogP contribution in [0.5, 0.6) is 0 Å². The number of carbonyl (C=O) groups excluding carboxylic acids is 1. The lowest BCUT2D eigenvalue weighted by Gasteiger charge is -2.05. The number of carbonyl (C=O) groups is 2. The molecule has 22 heavy (non-hydrogen) atoms. The molecule has 0 saturated carbocycles. The molecule has 0 aliphatic carbocycles. The van der Waals surface area contributed by atoms with Gasteiger partial charge in [0.1, 0.15) is 0 Å². The van der Waals surface area contributed by atoms with E-state index in [1.807, 2.05) is 0 Å². The molecule has 0 heterocycles. The quantitative estimate of drug-likeness (QED) is 0.410. The minimum atomic E-state index is -1.03. The highest BCUT2D eigenvalue weighted by atomic mass is 16.4. The smallest absolute Gasteiger partial charge is 0.336 e. The molecule has 1 N–H and O–H groups in total. The Bertz CT molecular complexity index is 466. The Hall–Kier alpha value is -1.64. The average Bonchev–Trinajstić information content (AvgIpc) is 2.53.